The summed E-state index contributed by atoms with van der Waals surface area (Å²) in [4.78, 5) is 4.22. The molecule has 0 rings (SSSR count). The summed E-state index contributed by atoms with van der Waals surface area (Å²) in [5, 5.41) is 0. The van der Waals surface area contributed by atoms with Gasteiger partial charge < -0.3 is 5.73 Å². The predicted octanol–water partition coefficient (Wildman–Crippen LogP) is 2.62. The van der Waals surface area contributed by atoms with E-state index in [1.165, 1.54) is 0 Å². The molecular formula is C10H18N2. The highest BCUT2D eigenvalue weighted by Crippen LogP contribution is 2.05. The fraction of sp³-hybridized carbons (Fsp3) is 0.500. The molecule has 0 aromatic rings. The number of rotatable bonds is 4. The number of nitrogens with two attached hydrogens (primary N) is 1. The highest BCUT2D eigenvalue weighted by molar-refractivity contribution is 5.59. The average molecular weight is 166 g/mol. The molecule has 2 N–H and O–H groups in total. The molecule has 0 aliphatic rings. The summed E-state index contributed by atoms with van der Waals surface area (Å²) in [6.07, 6.45) is 7.66. The maximum absolute atomic E-state index is 5.76. The zero-order valence-electron chi connectivity index (χ0n) is 8.17. The Morgan fingerprint density at radius 1 is 1.33 bits per heavy atom. The Morgan fingerprint density at radius 3 is 2.42 bits per heavy atom. The smallest absolute Gasteiger partial charge is 0.0809 e. The number of hydrogen-bond acceptors (Lipinski definition) is 2. The zero-order chi connectivity index (χ0) is 9.40. The van der Waals surface area contributed by atoms with Crippen LogP contribution in [0, 0.1) is 0 Å². The fourth-order valence-corrected chi connectivity index (χ4v) is 0.830. The minimum Gasteiger partial charge on any atom is -0.397 e. The van der Waals surface area contributed by atoms with Crippen LogP contribution in [0.2, 0.25) is 0 Å². The van der Waals surface area contributed by atoms with E-state index in [1.807, 2.05) is 25.3 Å². The first-order valence-electron chi connectivity index (χ1n) is 4.41. The second-order valence-electron chi connectivity index (χ2n) is 2.46. The van der Waals surface area contributed by atoms with Gasteiger partial charge in [-0.25, -0.2) is 0 Å². The maximum Gasteiger partial charge on any atom is 0.0809 e. The highest BCUT2D eigenvalue weighted by Gasteiger charge is 1.93. The van der Waals surface area contributed by atoms with Gasteiger partial charge in [-0.1, -0.05) is 26.0 Å². The Labute approximate surface area is 74.9 Å². The normalized spacial score (nSPS) is 14.2. The molecule has 68 valence electrons. The van der Waals surface area contributed by atoms with Gasteiger partial charge in [0, 0.05) is 6.21 Å². The van der Waals surface area contributed by atoms with Gasteiger partial charge in [-0.15, -0.1) is 0 Å². The lowest BCUT2D eigenvalue weighted by atomic mass is 10.2. The maximum atomic E-state index is 5.76. The van der Waals surface area contributed by atoms with Gasteiger partial charge in [-0.3, -0.25) is 4.99 Å². The summed E-state index contributed by atoms with van der Waals surface area (Å²) in [7, 11) is 0. The van der Waals surface area contributed by atoms with Crippen LogP contribution < -0.4 is 5.73 Å². The molecular weight excluding hydrogens is 148 g/mol. The summed E-state index contributed by atoms with van der Waals surface area (Å²) in [5.41, 5.74) is 7.40. The molecule has 0 aliphatic carbocycles. The third-order valence-corrected chi connectivity index (χ3v) is 1.41. The van der Waals surface area contributed by atoms with Crippen LogP contribution in [0.1, 0.15) is 33.6 Å². The Bertz CT molecular complexity index is 200. The van der Waals surface area contributed by atoms with Crippen LogP contribution in [-0.2, 0) is 0 Å². The fourth-order valence-electron chi connectivity index (χ4n) is 0.830. The molecule has 0 saturated carbocycles. The molecule has 0 bridgehead atoms. The van der Waals surface area contributed by atoms with Crippen LogP contribution in [0.5, 0.6) is 0 Å². The van der Waals surface area contributed by atoms with Gasteiger partial charge in [-0.05, 0) is 19.8 Å². The van der Waals surface area contributed by atoms with Crippen molar-refractivity contribution in [1.82, 2.24) is 0 Å². The SMILES string of the molecule is C/C=C(N=CCC)\C(N)=C/CC. The Morgan fingerprint density at radius 2 is 2.00 bits per heavy atom. The second kappa shape index (κ2) is 6.65. The van der Waals surface area contributed by atoms with Crippen LogP contribution in [0.3, 0.4) is 0 Å². The van der Waals surface area contributed by atoms with E-state index in [1.54, 1.807) is 0 Å². The lowest BCUT2D eigenvalue weighted by Crippen LogP contribution is -1.99. The predicted molar refractivity (Wildman–Crippen MR) is 55.1 cm³/mol. The van der Waals surface area contributed by atoms with Crippen LogP contribution in [0.25, 0.3) is 0 Å². The molecule has 0 aliphatic heterocycles. The topological polar surface area (TPSA) is 38.4 Å². The van der Waals surface area contributed by atoms with E-state index in [4.69, 9.17) is 5.73 Å². The molecule has 0 aromatic carbocycles. The number of aliphatic imine (C=N–C) groups is 1. The molecule has 0 spiro atoms. The minimum absolute atomic E-state index is 0.768. The first-order chi connectivity index (χ1) is 5.76. The van der Waals surface area contributed by atoms with E-state index in [0.717, 1.165) is 24.2 Å². The summed E-state index contributed by atoms with van der Waals surface area (Å²) in [5.74, 6) is 0. The molecule has 0 heterocycles. The van der Waals surface area contributed by atoms with Crippen molar-refractivity contribution >= 4 is 6.21 Å². The average Bonchev–Trinajstić information content (AvgIpc) is 2.06. The number of allylic oxidation sites excluding steroid dienone is 2. The number of hydrogen-bond donors (Lipinski definition) is 1. The molecule has 2 nitrogen and oxygen atoms in total. The standard InChI is InChI=1S/C10H18N2/c1-4-7-9(11)10(6-3)12-8-5-2/h6-8H,4-5,11H2,1-3H3/b9-7+,10-6+,12-8?. The third kappa shape index (κ3) is 3.96. The van der Waals surface area contributed by atoms with E-state index < -0.39 is 0 Å². The lowest BCUT2D eigenvalue weighted by molar-refractivity contribution is 1.14. The quantitative estimate of drug-likeness (QED) is 0.506. The van der Waals surface area contributed by atoms with Crippen molar-refractivity contribution < 1.29 is 0 Å². The van der Waals surface area contributed by atoms with E-state index in [0.29, 0.717) is 0 Å². The molecule has 2 heteroatoms. The number of nitrogens with zero attached hydrogens (tertiary/aromatic N) is 1. The van der Waals surface area contributed by atoms with Gasteiger partial charge in [0.25, 0.3) is 0 Å². The van der Waals surface area contributed by atoms with Crippen LogP contribution in [0.4, 0.5) is 0 Å². The lowest BCUT2D eigenvalue weighted by Gasteiger charge is -1.99. The molecule has 0 unspecified atom stereocenters. The van der Waals surface area contributed by atoms with Crippen LogP contribution >= 0.6 is 0 Å². The van der Waals surface area contributed by atoms with Crippen molar-refractivity contribution in [1.29, 1.82) is 0 Å². The van der Waals surface area contributed by atoms with Crippen molar-refractivity contribution in [2.45, 2.75) is 33.6 Å². The summed E-state index contributed by atoms with van der Waals surface area (Å²) in [6.45, 7) is 6.05. The Hall–Kier alpha value is -1.05. The van der Waals surface area contributed by atoms with Crippen molar-refractivity contribution in [3.8, 4) is 0 Å². The van der Waals surface area contributed by atoms with Gasteiger partial charge in [0.2, 0.25) is 0 Å². The van der Waals surface area contributed by atoms with Gasteiger partial charge in [0.1, 0.15) is 0 Å². The van der Waals surface area contributed by atoms with E-state index >= 15 is 0 Å². The summed E-state index contributed by atoms with van der Waals surface area (Å²) < 4.78 is 0. The second-order valence-corrected chi connectivity index (χ2v) is 2.46. The van der Waals surface area contributed by atoms with Crippen LogP contribution in [-0.4, -0.2) is 6.21 Å². The summed E-state index contributed by atoms with van der Waals surface area (Å²) in [6, 6.07) is 0. The van der Waals surface area contributed by atoms with Crippen molar-refractivity contribution in [3.05, 3.63) is 23.5 Å². The van der Waals surface area contributed by atoms with Crippen molar-refractivity contribution in [2.75, 3.05) is 0 Å². The van der Waals surface area contributed by atoms with Crippen molar-refractivity contribution in [3.63, 3.8) is 0 Å². The molecule has 0 aromatic heterocycles. The van der Waals surface area contributed by atoms with Gasteiger partial charge in [-0.2, -0.15) is 0 Å². The highest BCUT2D eigenvalue weighted by atomic mass is 14.8. The van der Waals surface area contributed by atoms with E-state index in [-0.39, 0.29) is 0 Å². The molecule has 0 fully saturated rings. The third-order valence-electron chi connectivity index (χ3n) is 1.41. The monoisotopic (exact) mass is 166 g/mol. The first-order valence-corrected chi connectivity index (χ1v) is 4.41. The minimum atomic E-state index is 0.768. The molecule has 0 radical (unpaired) electrons. The Balaban J connectivity index is 4.37. The first kappa shape index (κ1) is 11.0. The Kier molecular flexibility index (Phi) is 6.07. The summed E-state index contributed by atoms with van der Waals surface area (Å²) >= 11 is 0. The largest absolute Gasteiger partial charge is 0.397 e. The molecule has 0 atom stereocenters. The van der Waals surface area contributed by atoms with Gasteiger partial charge in [0.05, 0.1) is 11.4 Å². The van der Waals surface area contributed by atoms with E-state index in [2.05, 4.69) is 18.8 Å². The zero-order valence-corrected chi connectivity index (χ0v) is 8.17. The molecule has 12 heavy (non-hydrogen) atoms. The van der Waals surface area contributed by atoms with Crippen molar-refractivity contribution in [2.24, 2.45) is 10.7 Å². The molecule has 0 saturated heterocycles. The van der Waals surface area contributed by atoms with E-state index in [9.17, 15) is 0 Å². The van der Waals surface area contributed by atoms with Gasteiger partial charge in [0.15, 0.2) is 0 Å². The molecule has 0 amide bonds. The van der Waals surface area contributed by atoms with Crippen LogP contribution in [0.15, 0.2) is 28.5 Å². The van der Waals surface area contributed by atoms with Gasteiger partial charge >= 0.3 is 0 Å².